The minimum absolute atomic E-state index is 1.20. The summed E-state index contributed by atoms with van der Waals surface area (Å²) in [4.78, 5) is 0. The van der Waals surface area contributed by atoms with Gasteiger partial charge in [0, 0.05) is 31.9 Å². The van der Waals surface area contributed by atoms with Crippen molar-refractivity contribution in [2.45, 2.75) is 0 Å². The number of hydrogen-bond donors (Lipinski definition) is 0. The maximum atomic E-state index is 2.44. The molecule has 150 valence electrons. The third kappa shape index (κ3) is 2.50. The molecule has 0 radical (unpaired) electrons. The van der Waals surface area contributed by atoms with Gasteiger partial charge in [0.2, 0.25) is 0 Å². The minimum atomic E-state index is 1.20. The first-order valence-corrected chi connectivity index (χ1v) is 11.7. The molecule has 1 nitrogen and oxygen atoms in total. The number of benzene rings is 5. The van der Waals surface area contributed by atoms with Crippen molar-refractivity contribution in [1.82, 2.24) is 4.57 Å². The van der Waals surface area contributed by atoms with E-state index < -0.39 is 0 Å². The zero-order valence-corrected chi connectivity index (χ0v) is 18.1. The van der Waals surface area contributed by atoms with Crippen molar-refractivity contribution in [3.8, 4) is 16.8 Å². The molecule has 2 heteroatoms. The number of nitrogens with zero attached hydrogens (tertiary/aromatic N) is 1. The van der Waals surface area contributed by atoms with Gasteiger partial charge in [-0.2, -0.15) is 0 Å². The topological polar surface area (TPSA) is 4.93 Å². The highest BCUT2D eigenvalue weighted by Crippen LogP contribution is 2.42. The molecule has 5 aromatic carbocycles. The van der Waals surface area contributed by atoms with Crippen LogP contribution in [-0.4, -0.2) is 4.57 Å². The predicted octanol–water partition coefficient (Wildman–Crippen LogP) is 8.82. The standard InChI is InChI=1S/C30H19NS/c1-2-8-20(9-3-1)21-14-16-22(17-15-21)31-27-12-6-4-10-23(27)25-18-19-26-24-11-5-7-13-28(24)32-30(26)29(25)31/h1-19H. The Morgan fingerprint density at radius 1 is 0.469 bits per heavy atom. The molecule has 0 fully saturated rings. The van der Waals surface area contributed by atoms with E-state index in [0.717, 1.165) is 0 Å². The van der Waals surface area contributed by atoms with Crippen molar-refractivity contribution in [2.75, 3.05) is 0 Å². The van der Waals surface area contributed by atoms with Crippen LogP contribution >= 0.6 is 11.3 Å². The van der Waals surface area contributed by atoms with Crippen molar-refractivity contribution < 1.29 is 0 Å². The van der Waals surface area contributed by atoms with Gasteiger partial charge in [-0.3, -0.25) is 0 Å². The van der Waals surface area contributed by atoms with Crippen LogP contribution in [0.4, 0.5) is 0 Å². The molecule has 0 unspecified atom stereocenters. The van der Waals surface area contributed by atoms with Gasteiger partial charge in [0.1, 0.15) is 0 Å². The molecule has 0 aliphatic heterocycles. The first kappa shape index (κ1) is 17.8. The van der Waals surface area contributed by atoms with Crippen molar-refractivity contribution in [1.29, 1.82) is 0 Å². The number of thiophene rings is 1. The predicted molar refractivity (Wildman–Crippen MR) is 139 cm³/mol. The van der Waals surface area contributed by atoms with E-state index >= 15 is 0 Å². The Morgan fingerprint density at radius 3 is 1.97 bits per heavy atom. The monoisotopic (exact) mass is 425 g/mol. The maximum absolute atomic E-state index is 2.44. The van der Waals surface area contributed by atoms with E-state index in [1.807, 2.05) is 11.3 Å². The Kier molecular flexibility index (Phi) is 3.78. The van der Waals surface area contributed by atoms with Crippen LogP contribution < -0.4 is 0 Å². The molecule has 0 saturated carbocycles. The molecule has 32 heavy (non-hydrogen) atoms. The lowest BCUT2D eigenvalue weighted by Gasteiger charge is -2.10. The average molecular weight is 426 g/mol. The smallest absolute Gasteiger partial charge is 0.0719 e. The van der Waals surface area contributed by atoms with Crippen molar-refractivity contribution in [3.63, 3.8) is 0 Å². The Bertz CT molecular complexity index is 1750. The summed E-state index contributed by atoms with van der Waals surface area (Å²) in [6.07, 6.45) is 0. The van der Waals surface area contributed by atoms with Crippen LogP contribution in [0.25, 0.3) is 58.8 Å². The number of aromatic nitrogens is 1. The third-order valence-corrected chi connectivity index (χ3v) is 7.61. The molecule has 7 aromatic rings. The molecule has 0 aliphatic rings. The quantitative estimate of drug-likeness (QED) is 0.261. The lowest BCUT2D eigenvalue weighted by atomic mass is 10.1. The summed E-state index contributed by atoms with van der Waals surface area (Å²) in [5, 5.41) is 5.29. The normalized spacial score (nSPS) is 11.8. The minimum Gasteiger partial charge on any atom is -0.308 e. The second kappa shape index (κ2) is 6.81. The first-order chi connectivity index (χ1) is 15.9. The molecule has 0 spiro atoms. The van der Waals surface area contributed by atoms with E-state index in [4.69, 9.17) is 0 Å². The van der Waals surface area contributed by atoms with Gasteiger partial charge in [-0.1, -0.05) is 91.0 Å². The van der Waals surface area contributed by atoms with E-state index in [0.29, 0.717) is 0 Å². The fourth-order valence-electron chi connectivity index (χ4n) is 4.93. The van der Waals surface area contributed by atoms with Crippen LogP contribution in [-0.2, 0) is 0 Å². The number of para-hydroxylation sites is 1. The molecule has 0 saturated heterocycles. The van der Waals surface area contributed by atoms with Gasteiger partial charge in [-0.15, -0.1) is 11.3 Å². The van der Waals surface area contributed by atoms with Gasteiger partial charge in [-0.05, 0) is 35.4 Å². The molecular formula is C30H19NS. The summed E-state index contributed by atoms with van der Waals surface area (Å²) in [6, 6.07) is 41.6. The molecule has 7 rings (SSSR count). The van der Waals surface area contributed by atoms with E-state index in [1.165, 1.54) is 58.8 Å². The SMILES string of the molecule is c1ccc(-c2ccc(-n3c4ccccc4c4ccc5c6ccccc6sc5c43)cc2)cc1. The molecule has 2 heterocycles. The Morgan fingerprint density at radius 2 is 1.12 bits per heavy atom. The van der Waals surface area contributed by atoms with Crippen LogP contribution in [0.3, 0.4) is 0 Å². The number of fused-ring (bicyclic) bond motifs is 7. The Balaban J connectivity index is 1.57. The van der Waals surface area contributed by atoms with Crippen LogP contribution in [0, 0.1) is 0 Å². The maximum Gasteiger partial charge on any atom is 0.0719 e. The van der Waals surface area contributed by atoms with Crippen molar-refractivity contribution in [3.05, 3.63) is 115 Å². The van der Waals surface area contributed by atoms with Gasteiger partial charge >= 0.3 is 0 Å². The molecule has 0 aliphatic carbocycles. The fourth-order valence-corrected chi connectivity index (χ4v) is 6.17. The summed E-state index contributed by atoms with van der Waals surface area (Å²) in [6.45, 7) is 0. The van der Waals surface area contributed by atoms with Crippen LogP contribution in [0.5, 0.6) is 0 Å². The molecule has 0 N–H and O–H groups in total. The van der Waals surface area contributed by atoms with Crippen molar-refractivity contribution in [2.24, 2.45) is 0 Å². The van der Waals surface area contributed by atoms with E-state index in [9.17, 15) is 0 Å². The van der Waals surface area contributed by atoms with Crippen LogP contribution in [0.15, 0.2) is 115 Å². The lowest BCUT2D eigenvalue weighted by Crippen LogP contribution is -1.93. The Labute approximate surface area is 189 Å². The van der Waals surface area contributed by atoms with E-state index in [2.05, 4.69) is 120 Å². The summed E-state index contributed by atoms with van der Waals surface area (Å²) in [7, 11) is 0. The molecule has 2 aromatic heterocycles. The van der Waals surface area contributed by atoms with Crippen LogP contribution in [0.2, 0.25) is 0 Å². The molecular weight excluding hydrogens is 406 g/mol. The highest BCUT2D eigenvalue weighted by molar-refractivity contribution is 7.26. The third-order valence-electron chi connectivity index (χ3n) is 6.41. The largest absolute Gasteiger partial charge is 0.308 e. The van der Waals surface area contributed by atoms with Gasteiger partial charge in [0.15, 0.2) is 0 Å². The average Bonchev–Trinajstić information content (AvgIpc) is 3.41. The van der Waals surface area contributed by atoms with Crippen LogP contribution in [0.1, 0.15) is 0 Å². The zero-order chi connectivity index (χ0) is 21.1. The summed E-state index contributed by atoms with van der Waals surface area (Å²) < 4.78 is 5.13. The van der Waals surface area contributed by atoms with Crippen molar-refractivity contribution >= 4 is 53.3 Å². The molecule has 0 bridgehead atoms. The van der Waals surface area contributed by atoms with Gasteiger partial charge in [0.05, 0.1) is 15.7 Å². The van der Waals surface area contributed by atoms with Gasteiger partial charge in [0.25, 0.3) is 0 Å². The number of rotatable bonds is 2. The highest BCUT2D eigenvalue weighted by atomic mass is 32.1. The lowest BCUT2D eigenvalue weighted by molar-refractivity contribution is 1.19. The van der Waals surface area contributed by atoms with Gasteiger partial charge < -0.3 is 4.57 Å². The summed E-state index contributed by atoms with van der Waals surface area (Å²) in [5.41, 5.74) is 6.23. The van der Waals surface area contributed by atoms with E-state index in [-0.39, 0.29) is 0 Å². The summed E-state index contributed by atoms with van der Waals surface area (Å²) >= 11 is 1.89. The second-order valence-electron chi connectivity index (χ2n) is 8.20. The van der Waals surface area contributed by atoms with Gasteiger partial charge in [-0.25, -0.2) is 0 Å². The molecule has 0 amide bonds. The number of hydrogen-bond acceptors (Lipinski definition) is 1. The second-order valence-corrected chi connectivity index (χ2v) is 9.25. The highest BCUT2D eigenvalue weighted by Gasteiger charge is 2.17. The Hall–Kier alpha value is -3.88. The molecule has 0 atom stereocenters. The zero-order valence-electron chi connectivity index (χ0n) is 17.3. The fraction of sp³-hybridized carbons (Fsp3) is 0. The first-order valence-electron chi connectivity index (χ1n) is 10.9. The van der Waals surface area contributed by atoms with E-state index in [1.54, 1.807) is 0 Å². The summed E-state index contributed by atoms with van der Waals surface area (Å²) in [5.74, 6) is 0.